The Morgan fingerprint density at radius 2 is 2.14 bits per heavy atom. The number of nitrogens with zero attached hydrogens (tertiary/aromatic N) is 3. The van der Waals surface area contributed by atoms with Crippen LogP contribution < -0.4 is 10.6 Å². The van der Waals surface area contributed by atoms with E-state index in [1.807, 2.05) is 17.5 Å². The summed E-state index contributed by atoms with van der Waals surface area (Å²) in [6, 6.07) is 3.50. The summed E-state index contributed by atoms with van der Waals surface area (Å²) in [5, 5.41) is 14.5. The predicted octanol–water partition coefficient (Wildman–Crippen LogP) is 2.04. The highest BCUT2D eigenvalue weighted by Gasteiger charge is 2.51. The fraction of sp³-hybridized carbons (Fsp3) is 0.500. The summed E-state index contributed by atoms with van der Waals surface area (Å²) in [5.41, 5.74) is -0.684. The second kappa shape index (κ2) is 8.07. The van der Waals surface area contributed by atoms with E-state index < -0.39 is 5.54 Å². The van der Waals surface area contributed by atoms with Crippen LogP contribution in [-0.4, -0.2) is 56.1 Å². The molecule has 4 amide bonds. The monoisotopic (exact) mass is 434 g/mol. The van der Waals surface area contributed by atoms with Crippen molar-refractivity contribution in [3.05, 3.63) is 22.3 Å². The van der Waals surface area contributed by atoms with Crippen LogP contribution in [-0.2, 0) is 16.1 Å². The number of thiophene rings is 1. The summed E-state index contributed by atoms with van der Waals surface area (Å²) >= 11 is 6.75. The van der Waals surface area contributed by atoms with E-state index in [-0.39, 0.29) is 30.9 Å². The topological polar surface area (TPSA) is 112 Å². The Bertz CT molecular complexity index is 974. The van der Waals surface area contributed by atoms with E-state index in [2.05, 4.69) is 20.8 Å². The largest absolute Gasteiger partial charge is 0.354 e. The van der Waals surface area contributed by atoms with Gasteiger partial charge in [0.2, 0.25) is 5.91 Å². The second-order valence-electron chi connectivity index (χ2n) is 7.30. The Morgan fingerprint density at radius 1 is 1.34 bits per heavy atom. The lowest BCUT2D eigenvalue weighted by atomic mass is 9.98. The first-order valence-electron chi connectivity index (χ1n) is 9.60. The molecule has 11 heteroatoms. The molecule has 2 aromatic heterocycles. The number of rotatable bonds is 7. The van der Waals surface area contributed by atoms with Crippen molar-refractivity contribution in [2.45, 2.75) is 44.2 Å². The number of carbonyl (C=O) groups excluding carboxylic acids is 3. The first-order chi connectivity index (χ1) is 14.0. The van der Waals surface area contributed by atoms with Gasteiger partial charge < -0.3 is 10.6 Å². The Kier molecular flexibility index (Phi) is 5.50. The lowest BCUT2D eigenvalue weighted by Crippen LogP contribution is -2.44. The zero-order chi connectivity index (χ0) is 20.4. The average Bonchev–Trinajstić information content (AvgIpc) is 3.46. The van der Waals surface area contributed by atoms with Crippen molar-refractivity contribution < 1.29 is 14.4 Å². The van der Waals surface area contributed by atoms with Crippen LogP contribution in [0.3, 0.4) is 0 Å². The molecule has 29 heavy (non-hydrogen) atoms. The van der Waals surface area contributed by atoms with Gasteiger partial charge in [-0.15, -0.1) is 11.3 Å². The number of nitrogens with one attached hydrogen (secondary N) is 3. The first-order valence-corrected chi connectivity index (χ1v) is 10.9. The fourth-order valence-corrected chi connectivity index (χ4v) is 4.84. The van der Waals surface area contributed by atoms with Crippen molar-refractivity contribution in [3.8, 4) is 10.7 Å². The highest BCUT2D eigenvalue weighted by atomic mass is 32.1. The number of carbonyl (C=O) groups is 3. The second-order valence-corrected chi connectivity index (χ2v) is 8.63. The van der Waals surface area contributed by atoms with E-state index in [1.165, 1.54) is 16.2 Å². The third kappa shape index (κ3) is 3.84. The highest BCUT2D eigenvalue weighted by Crippen LogP contribution is 2.35. The molecule has 0 atom stereocenters. The maximum absolute atomic E-state index is 12.6. The van der Waals surface area contributed by atoms with E-state index in [0.717, 1.165) is 17.7 Å². The molecule has 0 radical (unpaired) electrons. The van der Waals surface area contributed by atoms with Crippen molar-refractivity contribution in [2.75, 3.05) is 13.1 Å². The summed E-state index contributed by atoms with van der Waals surface area (Å²) in [5.74, 6) is 0.294. The van der Waals surface area contributed by atoms with Crippen molar-refractivity contribution in [3.63, 3.8) is 0 Å². The van der Waals surface area contributed by atoms with E-state index in [0.29, 0.717) is 36.4 Å². The maximum Gasteiger partial charge on any atom is 0.325 e. The minimum atomic E-state index is -0.684. The third-order valence-electron chi connectivity index (χ3n) is 5.39. The predicted molar refractivity (Wildman–Crippen MR) is 110 cm³/mol. The van der Waals surface area contributed by atoms with Gasteiger partial charge in [-0.1, -0.05) is 18.9 Å². The zero-order valence-corrected chi connectivity index (χ0v) is 17.4. The van der Waals surface area contributed by atoms with Crippen LogP contribution >= 0.6 is 23.6 Å². The number of urea groups is 1. The molecular weight excluding hydrogens is 412 g/mol. The van der Waals surface area contributed by atoms with Crippen LogP contribution in [0.1, 0.15) is 32.1 Å². The molecule has 4 rings (SSSR count). The van der Waals surface area contributed by atoms with Gasteiger partial charge in [0.15, 0.2) is 10.6 Å². The molecule has 0 aromatic carbocycles. The third-order valence-corrected chi connectivity index (χ3v) is 6.56. The first kappa shape index (κ1) is 19.8. The zero-order valence-electron chi connectivity index (χ0n) is 15.8. The molecule has 2 aliphatic rings. The molecular formula is C18H22N6O3S2. The number of imide groups is 1. The van der Waals surface area contributed by atoms with E-state index >= 15 is 0 Å². The molecule has 9 nitrogen and oxygen atoms in total. The molecule has 2 aromatic rings. The standard InChI is InChI=1S/C18H22N6O3S2/c25-13(11-24-14(21-22-17(24)28)12-5-3-10-29-12)19-8-4-9-23-15(26)18(20-16(23)27)6-1-2-7-18/h3,5,10H,1-2,4,6-9,11H2,(H,19,25)(H,20,27)(H,22,28). The number of aromatic amines is 1. The van der Waals surface area contributed by atoms with Gasteiger partial charge in [-0.05, 0) is 42.9 Å². The van der Waals surface area contributed by atoms with Gasteiger partial charge in [-0.25, -0.2) is 4.79 Å². The van der Waals surface area contributed by atoms with Crippen LogP contribution in [0.4, 0.5) is 4.79 Å². The highest BCUT2D eigenvalue weighted by molar-refractivity contribution is 7.71. The maximum atomic E-state index is 12.6. The molecule has 1 saturated heterocycles. The number of hydrogen-bond acceptors (Lipinski definition) is 6. The van der Waals surface area contributed by atoms with Crippen molar-refractivity contribution in [1.82, 2.24) is 30.3 Å². The van der Waals surface area contributed by atoms with E-state index in [1.54, 1.807) is 4.57 Å². The van der Waals surface area contributed by atoms with E-state index in [4.69, 9.17) is 12.2 Å². The Hall–Kier alpha value is -2.53. The summed E-state index contributed by atoms with van der Waals surface area (Å²) < 4.78 is 2.03. The fourth-order valence-electron chi connectivity index (χ4n) is 3.92. The van der Waals surface area contributed by atoms with Crippen LogP contribution in [0.2, 0.25) is 0 Å². The summed E-state index contributed by atoms with van der Waals surface area (Å²) in [7, 11) is 0. The summed E-state index contributed by atoms with van der Waals surface area (Å²) in [4.78, 5) is 39.3. The van der Waals surface area contributed by atoms with Gasteiger partial charge in [0.05, 0.1) is 4.88 Å². The summed E-state index contributed by atoms with van der Waals surface area (Å²) in [6.45, 7) is 0.704. The van der Waals surface area contributed by atoms with E-state index in [9.17, 15) is 14.4 Å². The summed E-state index contributed by atoms with van der Waals surface area (Å²) in [6.07, 6.45) is 3.83. The van der Waals surface area contributed by atoms with Gasteiger partial charge in [-0.3, -0.25) is 24.2 Å². The van der Waals surface area contributed by atoms with Crippen molar-refractivity contribution >= 4 is 41.4 Å². The Balaban J connectivity index is 1.27. The number of aromatic nitrogens is 3. The smallest absolute Gasteiger partial charge is 0.325 e. The molecule has 2 fully saturated rings. The number of H-pyrrole nitrogens is 1. The Morgan fingerprint density at radius 3 is 2.86 bits per heavy atom. The molecule has 0 unspecified atom stereocenters. The minimum absolute atomic E-state index is 0.0504. The van der Waals surface area contributed by atoms with Gasteiger partial charge in [0.25, 0.3) is 5.91 Å². The lowest BCUT2D eigenvalue weighted by molar-refractivity contribution is -0.131. The van der Waals surface area contributed by atoms with Crippen LogP contribution in [0, 0.1) is 4.77 Å². The molecule has 0 bridgehead atoms. The molecule has 1 aliphatic heterocycles. The number of amides is 4. The lowest BCUT2D eigenvalue weighted by Gasteiger charge is -2.20. The van der Waals surface area contributed by atoms with Gasteiger partial charge in [-0.2, -0.15) is 5.10 Å². The SMILES string of the molecule is O=C(Cn1c(-c2cccs2)n[nH]c1=S)NCCCN1C(=O)NC2(CCCC2)C1=O. The van der Waals surface area contributed by atoms with Crippen LogP contribution in [0.25, 0.3) is 10.7 Å². The Labute approximate surface area is 176 Å². The number of hydrogen-bond donors (Lipinski definition) is 3. The van der Waals surface area contributed by atoms with Crippen molar-refractivity contribution in [2.24, 2.45) is 0 Å². The normalized spacial score (nSPS) is 17.9. The molecule has 1 saturated carbocycles. The van der Waals surface area contributed by atoms with Crippen LogP contribution in [0.5, 0.6) is 0 Å². The van der Waals surface area contributed by atoms with Gasteiger partial charge >= 0.3 is 6.03 Å². The molecule has 154 valence electrons. The van der Waals surface area contributed by atoms with Crippen LogP contribution in [0.15, 0.2) is 17.5 Å². The van der Waals surface area contributed by atoms with Gasteiger partial charge in [0, 0.05) is 13.1 Å². The molecule has 3 N–H and O–H groups in total. The quantitative estimate of drug-likeness (QED) is 0.351. The molecule has 1 aliphatic carbocycles. The van der Waals surface area contributed by atoms with Gasteiger partial charge in [0.1, 0.15) is 12.1 Å². The molecule has 3 heterocycles. The van der Waals surface area contributed by atoms with Crippen molar-refractivity contribution in [1.29, 1.82) is 0 Å². The minimum Gasteiger partial charge on any atom is -0.354 e. The average molecular weight is 435 g/mol. The molecule has 1 spiro atoms.